The van der Waals surface area contributed by atoms with Gasteiger partial charge in [-0.05, 0) is 35.7 Å². The summed E-state index contributed by atoms with van der Waals surface area (Å²) in [5, 5.41) is 9.01. The van der Waals surface area contributed by atoms with Gasteiger partial charge in [-0.2, -0.15) is 0 Å². The molecule has 39 heavy (non-hydrogen) atoms. The number of methoxy groups -OCH3 is 1. The van der Waals surface area contributed by atoms with Crippen molar-refractivity contribution in [2.24, 2.45) is 5.41 Å². The predicted octanol–water partition coefficient (Wildman–Crippen LogP) is 7.18. The number of carbonyl (C=O) groups excluding carboxylic acids is 1. The van der Waals surface area contributed by atoms with Crippen LogP contribution in [0.3, 0.4) is 0 Å². The number of anilines is 1. The normalized spacial score (nSPS) is 16.4. The van der Waals surface area contributed by atoms with Gasteiger partial charge in [0, 0.05) is 44.7 Å². The number of likely N-dealkylation sites (tertiary alicyclic amines) is 1. The molecule has 3 heterocycles. The number of hydrogen-bond donors (Lipinski definition) is 1. The van der Waals surface area contributed by atoms with Gasteiger partial charge in [0.2, 0.25) is 11.8 Å². The molecule has 0 aliphatic carbocycles. The number of amides is 1. The number of nitrogens with zero attached hydrogens (tertiary/aromatic N) is 3. The van der Waals surface area contributed by atoms with Gasteiger partial charge >= 0.3 is 0 Å². The van der Waals surface area contributed by atoms with Crippen LogP contribution in [0.1, 0.15) is 27.2 Å². The molecule has 2 atom stereocenters. The van der Waals surface area contributed by atoms with Gasteiger partial charge in [0.05, 0.1) is 25.5 Å². The van der Waals surface area contributed by atoms with Crippen molar-refractivity contribution in [3.05, 3.63) is 64.1 Å². The van der Waals surface area contributed by atoms with E-state index in [1.165, 1.54) is 11.3 Å². The minimum Gasteiger partial charge on any atom is -0.494 e. The lowest BCUT2D eigenvalue weighted by molar-refractivity contribution is -0.133. The highest BCUT2D eigenvalue weighted by Gasteiger charge is 2.38. The first-order valence-electron chi connectivity index (χ1n) is 12.7. The smallest absolute Gasteiger partial charge is 0.245 e. The topological polar surface area (TPSA) is 76.6 Å². The molecule has 1 fully saturated rings. The molecule has 2 aromatic heterocycles. The van der Waals surface area contributed by atoms with Gasteiger partial charge in [0.15, 0.2) is 5.13 Å². The number of pyridine rings is 1. The van der Waals surface area contributed by atoms with Crippen LogP contribution in [0.2, 0.25) is 10.0 Å². The van der Waals surface area contributed by atoms with Crippen LogP contribution < -0.4 is 14.8 Å². The van der Waals surface area contributed by atoms with E-state index in [0.717, 1.165) is 22.0 Å². The molecule has 2 aromatic carbocycles. The molecule has 0 saturated carbocycles. The number of halogens is 2. The molecule has 204 valence electrons. The zero-order valence-corrected chi connectivity index (χ0v) is 24.5. The lowest BCUT2D eigenvalue weighted by Gasteiger charge is -2.33. The average molecular weight is 586 g/mol. The average Bonchev–Trinajstić information content (AvgIpc) is 3.57. The Morgan fingerprint density at radius 2 is 1.87 bits per heavy atom. The van der Waals surface area contributed by atoms with E-state index in [1.54, 1.807) is 13.3 Å². The van der Waals surface area contributed by atoms with Crippen molar-refractivity contribution >= 4 is 56.3 Å². The molecule has 10 heteroatoms. The van der Waals surface area contributed by atoms with Crippen LogP contribution in [0.15, 0.2) is 54.0 Å². The van der Waals surface area contributed by atoms with E-state index in [2.05, 4.69) is 31.1 Å². The van der Waals surface area contributed by atoms with E-state index >= 15 is 0 Å². The summed E-state index contributed by atoms with van der Waals surface area (Å²) in [7, 11) is 1.61. The fraction of sp³-hybridized carbons (Fsp3) is 0.345. The number of benzene rings is 2. The summed E-state index contributed by atoms with van der Waals surface area (Å²) in [6.45, 7) is 7.23. The molecular weight excluding hydrogens is 555 g/mol. The minimum atomic E-state index is -0.459. The third-order valence-corrected chi connectivity index (χ3v) is 8.02. The second-order valence-electron chi connectivity index (χ2n) is 10.6. The Kier molecular flexibility index (Phi) is 7.89. The zero-order chi connectivity index (χ0) is 27.7. The van der Waals surface area contributed by atoms with E-state index in [4.69, 9.17) is 37.7 Å². The number of aromatic nitrogens is 2. The first kappa shape index (κ1) is 27.5. The maximum Gasteiger partial charge on any atom is 0.245 e. The summed E-state index contributed by atoms with van der Waals surface area (Å²) in [6, 6.07) is 12.6. The summed E-state index contributed by atoms with van der Waals surface area (Å²) in [6.07, 6.45) is 2.17. The standard InChI is InChI=1S/C29H30Cl2N4O3S/c1-29(2,3)25(34-28-33-23(16-39-28)17-5-7-18(30)8-6-17)27(36)35-12-11-20(15-35)38-26-22-13-19(31)9-10-21(22)24(37-4)14-32-26/h5-10,13-14,16,20,25H,11-12,15H2,1-4H3,(H,33,34)/t20-,25-/m1/s1. The fourth-order valence-corrected chi connectivity index (χ4v) is 5.70. The first-order valence-corrected chi connectivity index (χ1v) is 14.3. The summed E-state index contributed by atoms with van der Waals surface area (Å²) < 4.78 is 11.8. The fourth-order valence-electron chi connectivity index (χ4n) is 4.65. The SMILES string of the molecule is COc1cnc(O[C@@H]2CCN(C(=O)[C@@H](Nc3nc(-c4ccc(Cl)cc4)cs3)C(C)(C)C)C2)c2cc(Cl)ccc12. The number of thiazole rings is 1. The highest BCUT2D eigenvalue weighted by Crippen LogP contribution is 2.35. The molecule has 4 aromatic rings. The zero-order valence-electron chi connectivity index (χ0n) is 22.2. The van der Waals surface area contributed by atoms with Gasteiger partial charge in [-0.15, -0.1) is 11.3 Å². The second kappa shape index (κ2) is 11.2. The maximum atomic E-state index is 13.8. The van der Waals surface area contributed by atoms with E-state index in [0.29, 0.717) is 46.3 Å². The number of hydrogen-bond acceptors (Lipinski definition) is 7. The third-order valence-electron chi connectivity index (χ3n) is 6.76. The van der Waals surface area contributed by atoms with E-state index in [1.807, 2.05) is 52.7 Å². The van der Waals surface area contributed by atoms with Crippen molar-refractivity contribution in [2.45, 2.75) is 39.3 Å². The van der Waals surface area contributed by atoms with Crippen LogP contribution in [0.5, 0.6) is 11.6 Å². The van der Waals surface area contributed by atoms with Gasteiger partial charge in [0.25, 0.3) is 0 Å². The summed E-state index contributed by atoms with van der Waals surface area (Å²) in [5.74, 6) is 1.15. The van der Waals surface area contributed by atoms with Crippen molar-refractivity contribution in [1.82, 2.24) is 14.9 Å². The Labute approximate surface area is 242 Å². The lowest BCUT2D eigenvalue weighted by atomic mass is 9.86. The molecule has 0 unspecified atom stereocenters. The molecule has 1 N–H and O–H groups in total. The minimum absolute atomic E-state index is 0.0208. The van der Waals surface area contributed by atoms with Crippen LogP contribution in [0.25, 0.3) is 22.0 Å². The molecule has 5 rings (SSSR count). The molecular formula is C29H30Cl2N4O3S. The van der Waals surface area contributed by atoms with Crippen molar-refractivity contribution in [1.29, 1.82) is 0 Å². The van der Waals surface area contributed by atoms with E-state index < -0.39 is 6.04 Å². The third kappa shape index (κ3) is 6.08. The summed E-state index contributed by atoms with van der Waals surface area (Å²) in [4.78, 5) is 24.8. The van der Waals surface area contributed by atoms with Crippen LogP contribution >= 0.6 is 34.5 Å². The Morgan fingerprint density at radius 3 is 2.59 bits per heavy atom. The summed E-state index contributed by atoms with van der Waals surface area (Å²) in [5.41, 5.74) is 1.48. The number of fused-ring (bicyclic) bond motifs is 1. The van der Waals surface area contributed by atoms with Crippen LogP contribution in [0.4, 0.5) is 5.13 Å². The van der Waals surface area contributed by atoms with Gasteiger partial charge < -0.3 is 19.7 Å². The highest BCUT2D eigenvalue weighted by molar-refractivity contribution is 7.14. The molecule has 1 aliphatic rings. The van der Waals surface area contributed by atoms with E-state index in [9.17, 15) is 4.79 Å². The Hall–Kier alpha value is -3.07. The van der Waals surface area contributed by atoms with Crippen LogP contribution in [-0.4, -0.2) is 53.1 Å². The monoisotopic (exact) mass is 584 g/mol. The maximum absolute atomic E-state index is 13.8. The molecule has 1 aliphatic heterocycles. The molecule has 0 bridgehead atoms. The Morgan fingerprint density at radius 1 is 1.13 bits per heavy atom. The molecule has 1 amide bonds. The molecule has 0 spiro atoms. The van der Waals surface area contributed by atoms with Crippen molar-refractivity contribution in [3.8, 4) is 22.9 Å². The summed E-state index contributed by atoms with van der Waals surface area (Å²) >= 11 is 13.8. The number of nitrogens with one attached hydrogen (secondary N) is 1. The van der Waals surface area contributed by atoms with Crippen molar-refractivity contribution in [2.75, 3.05) is 25.5 Å². The highest BCUT2D eigenvalue weighted by atomic mass is 35.5. The Balaban J connectivity index is 1.29. The number of ether oxygens (including phenoxy) is 2. The number of carbonyl (C=O) groups is 1. The van der Waals surface area contributed by atoms with Crippen LogP contribution in [-0.2, 0) is 4.79 Å². The van der Waals surface area contributed by atoms with Crippen molar-refractivity contribution in [3.63, 3.8) is 0 Å². The second-order valence-corrected chi connectivity index (χ2v) is 12.4. The molecule has 1 saturated heterocycles. The molecule has 7 nitrogen and oxygen atoms in total. The lowest BCUT2D eigenvalue weighted by Crippen LogP contribution is -2.49. The van der Waals surface area contributed by atoms with Gasteiger partial charge in [0.1, 0.15) is 17.9 Å². The largest absolute Gasteiger partial charge is 0.494 e. The number of rotatable bonds is 7. The van der Waals surface area contributed by atoms with E-state index in [-0.39, 0.29) is 17.4 Å². The first-order chi connectivity index (χ1) is 18.6. The van der Waals surface area contributed by atoms with Gasteiger partial charge in [-0.1, -0.05) is 56.1 Å². The van der Waals surface area contributed by atoms with Gasteiger partial charge in [-0.25, -0.2) is 9.97 Å². The predicted molar refractivity (Wildman–Crippen MR) is 158 cm³/mol. The van der Waals surface area contributed by atoms with Crippen molar-refractivity contribution < 1.29 is 14.3 Å². The van der Waals surface area contributed by atoms with Gasteiger partial charge in [-0.3, -0.25) is 4.79 Å². The quantitative estimate of drug-likeness (QED) is 0.248. The molecule has 0 radical (unpaired) electrons. The van der Waals surface area contributed by atoms with Crippen LogP contribution in [0, 0.1) is 5.41 Å². The Bertz CT molecular complexity index is 1490.